The standard InChI is InChI=1S/C23H14Br2N2O4/c24-15-11-17(23(30)31)20(18(25)12-15)27-21(14-4-2-1-3-5-14)26-19(22(27)29)10-13-6-8-16(28)9-7-13/h1-12,28H,(H,30,31). The van der Waals surface area contributed by atoms with Gasteiger partial charge in [-0.05, 0) is 51.8 Å². The summed E-state index contributed by atoms with van der Waals surface area (Å²) >= 11 is 6.71. The van der Waals surface area contributed by atoms with Crippen LogP contribution in [-0.2, 0) is 4.79 Å². The molecule has 0 aromatic heterocycles. The van der Waals surface area contributed by atoms with E-state index in [-0.39, 0.29) is 22.7 Å². The average Bonchev–Trinajstić information content (AvgIpc) is 3.05. The summed E-state index contributed by atoms with van der Waals surface area (Å²) in [6.45, 7) is 0. The second-order valence-corrected chi connectivity index (χ2v) is 8.42. The lowest BCUT2D eigenvalue weighted by molar-refractivity contribution is -0.113. The number of aliphatic imine (C=N–C) groups is 1. The first kappa shape index (κ1) is 21.0. The lowest BCUT2D eigenvalue weighted by Crippen LogP contribution is -2.34. The Morgan fingerprint density at radius 2 is 1.68 bits per heavy atom. The molecule has 6 nitrogen and oxygen atoms in total. The summed E-state index contributed by atoms with van der Waals surface area (Å²) < 4.78 is 0.993. The lowest BCUT2D eigenvalue weighted by atomic mass is 10.1. The Morgan fingerprint density at radius 1 is 1.00 bits per heavy atom. The van der Waals surface area contributed by atoms with Crippen LogP contribution >= 0.6 is 31.9 Å². The zero-order chi connectivity index (χ0) is 22.1. The van der Waals surface area contributed by atoms with E-state index in [1.807, 2.05) is 18.2 Å². The number of aromatic carboxylic acids is 1. The van der Waals surface area contributed by atoms with Gasteiger partial charge in [0.25, 0.3) is 5.91 Å². The van der Waals surface area contributed by atoms with E-state index < -0.39 is 11.9 Å². The van der Waals surface area contributed by atoms with Gasteiger partial charge in [-0.3, -0.25) is 9.69 Å². The van der Waals surface area contributed by atoms with Crippen molar-refractivity contribution >= 4 is 61.3 Å². The Hall–Kier alpha value is -3.23. The van der Waals surface area contributed by atoms with Gasteiger partial charge >= 0.3 is 5.97 Å². The molecule has 8 heteroatoms. The summed E-state index contributed by atoms with van der Waals surface area (Å²) in [5, 5.41) is 19.3. The maximum absolute atomic E-state index is 13.4. The highest BCUT2D eigenvalue weighted by atomic mass is 79.9. The van der Waals surface area contributed by atoms with E-state index in [4.69, 9.17) is 0 Å². The van der Waals surface area contributed by atoms with Crippen LogP contribution in [0.25, 0.3) is 6.08 Å². The number of carboxylic acids is 1. The number of rotatable bonds is 4. The maximum atomic E-state index is 13.4. The number of phenolic OH excluding ortho intramolecular Hbond substituents is 1. The third-order valence-electron chi connectivity index (χ3n) is 4.57. The monoisotopic (exact) mass is 540 g/mol. The molecule has 0 spiro atoms. The highest BCUT2D eigenvalue weighted by molar-refractivity contribution is 9.11. The van der Waals surface area contributed by atoms with Crippen LogP contribution in [0.3, 0.4) is 0 Å². The number of carbonyl (C=O) groups excluding carboxylic acids is 1. The Morgan fingerprint density at radius 3 is 2.32 bits per heavy atom. The predicted octanol–water partition coefficient (Wildman–Crippen LogP) is 5.45. The third-order valence-corrected chi connectivity index (χ3v) is 5.63. The van der Waals surface area contributed by atoms with Gasteiger partial charge in [0.05, 0.1) is 11.3 Å². The van der Waals surface area contributed by atoms with E-state index in [9.17, 15) is 19.8 Å². The van der Waals surface area contributed by atoms with Crippen molar-refractivity contribution in [1.82, 2.24) is 0 Å². The van der Waals surface area contributed by atoms with Crippen molar-refractivity contribution in [1.29, 1.82) is 0 Å². The molecule has 0 saturated heterocycles. The van der Waals surface area contributed by atoms with Gasteiger partial charge in [0.1, 0.15) is 17.3 Å². The minimum atomic E-state index is -1.17. The maximum Gasteiger partial charge on any atom is 0.337 e. The Bertz CT molecular complexity index is 1250. The van der Waals surface area contributed by atoms with E-state index in [0.29, 0.717) is 25.9 Å². The number of amidine groups is 1. The highest BCUT2D eigenvalue weighted by Crippen LogP contribution is 2.38. The van der Waals surface area contributed by atoms with Crippen molar-refractivity contribution < 1.29 is 19.8 Å². The van der Waals surface area contributed by atoms with E-state index in [1.165, 1.54) is 23.1 Å². The molecular formula is C23H14Br2N2O4. The van der Waals surface area contributed by atoms with Crippen LogP contribution in [-0.4, -0.2) is 27.9 Å². The first-order valence-electron chi connectivity index (χ1n) is 9.07. The summed E-state index contributed by atoms with van der Waals surface area (Å²) in [5.74, 6) is -1.20. The highest BCUT2D eigenvalue weighted by Gasteiger charge is 2.36. The predicted molar refractivity (Wildman–Crippen MR) is 125 cm³/mol. The molecule has 31 heavy (non-hydrogen) atoms. The molecule has 0 atom stereocenters. The van der Waals surface area contributed by atoms with Crippen molar-refractivity contribution in [2.24, 2.45) is 4.99 Å². The molecule has 0 saturated carbocycles. The Labute approximate surface area is 194 Å². The second-order valence-electron chi connectivity index (χ2n) is 6.65. The number of carboxylic acid groups (broad SMARTS) is 1. The fourth-order valence-corrected chi connectivity index (χ4v) is 4.59. The van der Waals surface area contributed by atoms with Gasteiger partial charge in [0.15, 0.2) is 0 Å². The van der Waals surface area contributed by atoms with Gasteiger partial charge < -0.3 is 10.2 Å². The van der Waals surface area contributed by atoms with Crippen molar-refractivity contribution in [3.8, 4) is 5.75 Å². The smallest absolute Gasteiger partial charge is 0.337 e. The fourth-order valence-electron chi connectivity index (χ4n) is 3.19. The van der Waals surface area contributed by atoms with E-state index in [2.05, 4.69) is 36.9 Å². The number of hydrogen-bond donors (Lipinski definition) is 2. The molecule has 4 rings (SSSR count). The minimum Gasteiger partial charge on any atom is -0.508 e. The zero-order valence-corrected chi connectivity index (χ0v) is 19.0. The summed E-state index contributed by atoms with van der Waals surface area (Å²) in [5.41, 5.74) is 1.63. The first-order valence-corrected chi connectivity index (χ1v) is 10.7. The topological polar surface area (TPSA) is 90.2 Å². The molecule has 1 amide bonds. The van der Waals surface area contributed by atoms with Gasteiger partial charge in [-0.15, -0.1) is 0 Å². The Balaban J connectivity index is 1.92. The average molecular weight is 542 g/mol. The number of amides is 1. The van der Waals surface area contributed by atoms with Gasteiger partial charge in [0.2, 0.25) is 0 Å². The third kappa shape index (κ3) is 4.17. The SMILES string of the molecule is O=C(O)c1cc(Br)cc(Br)c1N1C(=O)C(=Cc2ccc(O)cc2)N=C1c1ccccc1. The molecule has 0 radical (unpaired) electrons. The first-order chi connectivity index (χ1) is 14.8. The zero-order valence-electron chi connectivity index (χ0n) is 15.8. The molecule has 0 bridgehead atoms. The number of hydrogen-bond acceptors (Lipinski definition) is 4. The molecule has 0 fully saturated rings. The number of aromatic hydroxyl groups is 1. The summed E-state index contributed by atoms with van der Waals surface area (Å²) in [6.07, 6.45) is 1.60. The van der Waals surface area contributed by atoms with E-state index in [0.717, 1.165) is 0 Å². The molecule has 3 aromatic carbocycles. The second kappa shape index (κ2) is 8.49. The van der Waals surface area contributed by atoms with Crippen molar-refractivity contribution in [2.75, 3.05) is 4.90 Å². The largest absolute Gasteiger partial charge is 0.508 e. The van der Waals surface area contributed by atoms with Gasteiger partial charge in [-0.1, -0.05) is 58.4 Å². The lowest BCUT2D eigenvalue weighted by Gasteiger charge is -2.22. The van der Waals surface area contributed by atoms with Crippen LogP contribution < -0.4 is 4.90 Å². The summed E-state index contributed by atoms with van der Waals surface area (Å²) in [4.78, 5) is 31.3. The molecule has 1 aliphatic heterocycles. The quantitative estimate of drug-likeness (QED) is 0.430. The molecule has 0 aliphatic carbocycles. The summed E-state index contributed by atoms with van der Waals surface area (Å²) in [6, 6.07) is 18.6. The molecule has 154 valence electrons. The fraction of sp³-hybridized carbons (Fsp3) is 0. The molecular weight excluding hydrogens is 528 g/mol. The number of carbonyl (C=O) groups is 2. The molecule has 2 N–H and O–H groups in total. The number of nitrogens with zero attached hydrogens (tertiary/aromatic N) is 2. The molecule has 0 unspecified atom stereocenters. The Kier molecular flexibility index (Phi) is 5.75. The van der Waals surface area contributed by atoms with Crippen LogP contribution in [0, 0.1) is 0 Å². The van der Waals surface area contributed by atoms with Crippen molar-refractivity contribution in [3.05, 3.63) is 98.1 Å². The molecule has 1 aliphatic rings. The number of benzene rings is 3. The van der Waals surface area contributed by atoms with Gasteiger partial charge in [-0.25, -0.2) is 9.79 Å². The van der Waals surface area contributed by atoms with Gasteiger partial charge in [0, 0.05) is 14.5 Å². The molecule has 3 aromatic rings. The van der Waals surface area contributed by atoms with E-state index in [1.54, 1.807) is 36.4 Å². The van der Waals surface area contributed by atoms with Crippen LogP contribution in [0.15, 0.2) is 86.4 Å². The summed E-state index contributed by atoms with van der Waals surface area (Å²) in [7, 11) is 0. The van der Waals surface area contributed by atoms with Gasteiger partial charge in [-0.2, -0.15) is 0 Å². The number of halogens is 2. The van der Waals surface area contributed by atoms with Crippen LogP contribution in [0.1, 0.15) is 21.5 Å². The van der Waals surface area contributed by atoms with Crippen LogP contribution in [0.4, 0.5) is 5.69 Å². The van der Waals surface area contributed by atoms with Crippen molar-refractivity contribution in [2.45, 2.75) is 0 Å². The number of phenols is 1. The van der Waals surface area contributed by atoms with E-state index >= 15 is 0 Å². The normalized spacial score (nSPS) is 14.8. The van der Waals surface area contributed by atoms with Crippen LogP contribution in [0.2, 0.25) is 0 Å². The van der Waals surface area contributed by atoms with Crippen molar-refractivity contribution in [3.63, 3.8) is 0 Å². The molecule has 1 heterocycles. The minimum absolute atomic E-state index is 0.0517. The number of anilines is 1. The van der Waals surface area contributed by atoms with Crippen LogP contribution in [0.5, 0.6) is 5.75 Å².